The molecule has 0 bridgehead atoms. The first kappa shape index (κ1) is 16.3. The fourth-order valence-electron chi connectivity index (χ4n) is 2.64. The standard InChI is InChI=1S/C18H17F2N3O/c1-10(12-7-8-14(19)15(20)9-12)21-11(2)17-22-16-6-4-3-5-13(16)18(24)23-17/h3-11,21H,1-2H3,(H,22,23,24)/t10-,11+/m0/s1. The minimum absolute atomic E-state index is 0.204. The Labute approximate surface area is 137 Å². The average molecular weight is 329 g/mol. The average Bonchev–Trinajstić information content (AvgIpc) is 2.57. The van der Waals surface area contributed by atoms with Crippen LogP contribution < -0.4 is 10.9 Å². The van der Waals surface area contributed by atoms with E-state index in [1.807, 2.05) is 19.9 Å². The number of nitrogens with zero attached hydrogens (tertiary/aromatic N) is 1. The predicted molar refractivity (Wildman–Crippen MR) is 88.7 cm³/mol. The van der Waals surface area contributed by atoms with Crippen molar-refractivity contribution in [3.05, 3.63) is 75.8 Å². The molecule has 3 aromatic rings. The van der Waals surface area contributed by atoms with Crippen molar-refractivity contribution in [3.63, 3.8) is 0 Å². The van der Waals surface area contributed by atoms with Crippen LogP contribution in [0.15, 0.2) is 47.3 Å². The second kappa shape index (κ2) is 6.49. The van der Waals surface area contributed by atoms with Crippen LogP contribution in [0.1, 0.15) is 37.3 Å². The van der Waals surface area contributed by atoms with Gasteiger partial charge in [0.05, 0.1) is 16.9 Å². The van der Waals surface area contributed by atoms with Crippen LogP contribution in [-0.2, 0) is 0 Å². The molecule has 24 heavy (non-hydrogen) atoms. The van der Waals surface area contributed by atoms with Crippen LogP contribution in [0, 0.1) is 11.6 Å². The summed E-state index contributed by atoms with van der Waals surface area (Å²) >= 11 is 0. The molecule has 0 saturated heterocycles. The van der Waals surface area contributed by atoms with Crippen LogP contribution in [0.25, 0.3) is 10.9 Å². The summed E-state index contributed by atoms with van der Waals surface area (Å²) in [4.78, 5) is 19.4. The predicted octanol–water partition coefficient (Wildman–Crippen LogP) is 3.61. The van der Waals surface area contributed by atoms with Gasteiger partial charge in [-0.2, -0.15) is 0 Å². The molecule has 2 N–H and O–H groups in total. The molecule has 2 atom stereocenters. The molecule has 0 amide bonds. The molecule has 1 heterocycles. The number of fused-ring (bicyclic) bond motifs is 1. The molecular formula is C18H17F2N3O. The maximum Gasteiger partial charge on any atom is 0.258 e. The van der Waals surface area contributed by atoms with Gasteiger partial charge in [-0.3, -0.25) is 4.79 Å². The number of para-hydroxylation sites is 1. The summed E-state index contributed by atoms with van der Waals surface area (Å²) in [5, 5.41) is 3.76. The van der Waals surface area contributed by atoms with Gasteiger partial charge in [-0.1, -0.05) is 18.2 Å². The molecule has 3 rings (SSSR count). The summed E-state index contributed by atoms with van der Waals surface area (Å²) in [7, 11) is 0. The molecule has 2 aromatic carbocycles. The molecule has 4 nitrogen and oxygen atoms in total. The van der Waals surface area contributed by atoms with Gasteiger partial charge in [0.15, 0.2) is 11.6 Å². The first-order valence-electron chi connectivity index (χ1n) is 7.65. The second-order valence-electron chi connectivity index (χ2n) is 5.75. The summed E-state index contributed by atoms with van der Waals surface area (Å²) in [5.74, 6) is -1.27. The summed E-state index contributed by atoms with van der Waals surface area (Å²) in [5.41, 5.74) is 1.03. The molecule has 0 aliphatic heterocycles. The number of hydrogen-bond donors (Lipinski definition) is 2. The first-order valence-corrected chi connectivity index (χ1v) is 7.65. The van der Waals surface area contributed by atoms with Crippen molar-refractivity contribution in [2.45, 2.75) is 25.9 Å². The third kappa shape index (κ3) is 3.19. The zero-order chi connectivity index (χ0) is 17.3. The molecule has 124 valence electrons. The first-order chi connectivity index (χ1) is 11.5. The highest BCUT2D eigenvalue weighted by Crippen LogP contribution is 2.20. The van der Waals surface area contributed by atoms with E-state index in [2.05, 4.69) is 15.3 Å². The Bertz CT molecular complexity index is 939. The lowest BCUT2D eigenvalue weighted by Crippen LogP contribution is -2.26. The highest BCUT2D eigenvalue weighted by Gasteiger charge is 2.15. The van der Waals surface area contributed by atoms with Crippen LogP contribution in [0.2, 0.25) is 0 Å². The number of halogens is 2. The molecule has 6 heteroatoms. The monoisotopic (exact) mass is 329 g/mol. The van der Waals surface area contributed by atoms with Crippen LogP contribution in [0.4, 0.5) is 8.78 Å². The topological polar surface area (TPSA) is 57.8 Å². The fraction of sp³-hybridized carbons (Fsp3) is 0.222. The van der Waals surface area contributed by atoms with Crippen molar-refractivity contribution >= 4 is 10.9 Å². The number of benzene rings is 2. The van der Waals surface area contributed by atoms with Crippen molar-refractivity contribution in [1.29, 1.82) is 0 Å². The summed E-state index contributed by atoms with van der Waals surface area (Å²) < 4.78 is 26.4. The van der Waals surface area contributed by atoms with E-state index in [0.717, 1.165) is 12.1 Å². The lowest BCUT2D eigenvalue weighted by Gasteiger charge is -2.20. The van der Waals surface area contributed by atoms with E-state index in [0.29, 0.717) is 22.3 Å². The third-order valence-electron chi connectivity index (χ3n) is 3.98. The smallest absolute Gasteiger partial charge is 0.258 e. The minimum Gasteiger partial charge on any atom is -0.309 e. The fourth-order valence-corrected chi connectivity index (χ4v) is 2.64. The number of aromatic amines is 1. The molecule has 0 fully saturated rings. The summed E-state index contributed by atoms with van der Waals surface area (Å²) in [6, 6.07) is 10.4. The number of aromatic nitrogens is 2. The lowest BCUT2D eigenvalue weighted by molar-refractivity contribution is 0.468. The Balaban J connectivity index is 1.85. The number of H-pyrrole nitrogens is 1. The van der Waals surface area contributed by atoms with E-state index in [9.17, 15) is 13.6 Å². The number of rotatable bonds is 4. The molecule has 0 aliphatic carbocycles. The van der Waals surface area contributed by atoms with Gasteiger partial charge in [-0.25, -0.2) is 13.8 Å². The maximum absolute atomic E-state index is 13.4. The third-order valence-corrected chi connectivity index (χ3v) is 3.98. The normalized spacial score (nSPS) is 13.8. The summed E-state index contributed by atoms with van der Waals surface area (Å²) in [6.07, 6.45) is 0. The van der Waals surface area contributed by atoms with Gasteiger partial charge in [0, 0.05) is 6.04 Å². The van der Waals surface area contributed by atoms with Crippen molar-refractivity contribution in [2.75, 3.05) is 0 Å². The minimum atomic E-state index is -0.883. The van der Waals surface area contributed by atoms with E-state index in [-0.39, 0.29) is 17.6 Å². The van der Waals surface area contributed by atoms with Gasteiger partial charge in [0.2, 0.25) is 0 Å². The molecule has 1 aromatic heterocycles. The maximum atomic E-state index is 13.4. The lowest BCUT2D eigenvalue weighted by atomic mass is 10.1. The number of hydrogen-bond acceptors (Lipinski definition) is 3. The van der Waals surface area contributed by atoms with Gasteiger partial charge in [-0.15, -0.1) is 0 Å². The van der Waals surface area contributed by atoms with Crippen LogP contribution in [0.5, 0.6) is 0 Å². The van der Waals surface area contributed by atoms with Gasteiger partial charge >= 0.3 is 0 Å². The Hall–Kier alpha value is -2.60. The van der Waals surface area contributed by atoms with Crippen molar-refractivity contribution in [3.8, 4) is 0 Å². The molecule has 0 spiro atoms. The van der Waals surface area contributed by atoms with Crippen molar-refractivity contribution in [2.24, 2.45) is 0 Å². The quantitative estimate of drug-likeness (QED) is 0.769. The Morgan fingerprint density at radius 2 is 1.79 bits per heavy atom. The Morgan fingerprint density at radius 1 is 1.04 bits per heavy atom. The van der Waals surface area contributed by atoms with E-state index in [4.69, 9.17) is 0 Å². The largest absolute Gasteiger partial charge is 0.309 e. The molecule has 0 radical (unpaired) electrons. The van der Waals surface area contributed by atoms with E-state index in [1.165, 1.54) is 6.07 Å². The molecular weight excluding hydrogens is 312 g/mol. The highest BCUT2D eigenvalue weighted by atomic mass is 19.2. The number of nitrogens with one attached hydrogen (secondary N) is 2. The van der Waals surface area contributed by atoms with Crippen LogP contribution in [0.3, 0.4) is 0 Å². The zero-order valence-electron chi connectivity index (χ0n) is 13.3. The summed E-state index contributed by atoms with van der Waals surface area (Å²) in [6.45, 7) is 3.69. The van der Waals surface area contributed by atoms with Crippen LogP contribution >= 0.6 is 0 Å². The highest BCUT2D eigenvalue weighted by molar-refractivity contribution is 5.77. The molecule has 0 unspecified atom stereocenters. The zero-order valence-corrected chi connectivity index (χ0v) is 13.3. The van der Waals surface area contributed by atoms with Crippen LogP contribution in [-0.4, -0.2) is 9.97 Å². The van der Waals surface area contributed by atoms with E-state index < -0.39 is 11.6 Å². The van der Waals surface area contributed by atoms with E-state index >= 15 is 0 Å². The second-order valence-corrected chi connectivity index (χ2v) is 5.75. The Kier molecular flexibility index (Phi) is 4.40. The Morgan fingerprint density at radius 3 is 2.54 bits per heavy atom. The van der Waals surface area contributed by atoms with Gasteiger partial charge < -0.3 is 10.3 Å². The van der Waals surface area contributed by atoms with Gasteiger partial charge in [0.1, 0.15) is 5.82 Å². The van der Waals surface area contributed by atoms with Crippen molar-refractivity contribution in [1.82, 2.24) is 15.3 Å². The van der Waals surface area contributed by atoms with Gasteiger partial charge in [0.25, 0.3) is 5.56 Å². The van der Waals surface area contributed by atoms with E-state index in [1.54, 1.807) is 18.2 Å². The van der Waals surface area contributed by atoms with Crippen molar-refractivity contribution < 1.29 is 8.78 Å². The SMILES string of the molecule is C[C@H](N[C@H](C)c1nc2ccccc2c(=O)[nH]1)c1ccc(F)c(F)c1. The van der Waals surface area contributed by atoms with Gasteiger partial charge in [-0.05, 0) is 43.7 Å². The molecule has 0 aliphatic rings. The molecule has 0 saturated carbocycles.